The Kier molecular flexibility index (Phi) is 11.0. The summed E-state index contributed by atoms with van der Waals surface area (Å²) in [5, 5.41) is 24.0. The molecule has 10 heteroatoms. The fraction of sp³-hybridized carbons (Fsp3) is 0.909. The Labute approximate surface area is 200 Å². The summed E-state index contributed by atoms with van der Waals surface area (Å²) in [5.41, 5.74) is -0.697. The van der Waals surface area contributed by atoms with Gasteiger partial charge in [-0.2, -0.15) is 0 Å². The standard InChI is InChI=1S/C22H39ClN2O6S/c1-6-8-13-10-14(25(4)11-13)21(29)24-16(12(3)23)19-17(27)18(28)20(22(31-19)32-5)30-15(26)9-7-2/h12-14,16-20,22,27-28H,6-11H2,1-5H3,(H,24,29)/t12?,13?,14?,16-,17-,18+,19-,20-,22-/m1/s1. The number of nitrogens with zero attached hydrogens (tertiary/aromatic N) is 1. The normalized spacial score (nSPS) is 35.3. The van der Waals surface area contributed by atoms with Crippen LogP contribution in [0.5, 0.6) is 0 Å². The number of nitrogens with one attached hydrogen (secondary N) is 1. The van der Waals surface area contributed by atoms with Crippen molar-refractivity contribution >= 4 is 35.2 Å². The molecule has 186 valence electrons. The number of thioether (sulfide) groups is 1. The summed E-state index contributed by atoms with van der Waals surface area (Å²) in [7, 11) is 1.94. The van der Waals surface area contributed by atoms with Crippen LogP contribution in [-0.4, -0.2) is 94.2 Å². The summed E-state index contributed by atoms with van der Waals surface area (Å²) in [6.45, 7) is 6.58. The summed E-state index contributed by atoms with van der Waals surface area (Å²) >= 11 is 7.68. The molecule has 0 aromatic carbocycles. The number of carbonyl (C=O) groups is 2. The average molecular weight is 495 g/mol. The first-order valence-corrected chi connectivity index (χ1v) is 13.2. The van der Waals surface area contributed by atoms with Gasteiger partial charge in [0, 0.05) is 13.0 Å². The van der Waals surface area contributed by atoms with Crippen LogP contribution in [0.1, 0.15) is 52.9 Å². The molecule has 2 aliphatic heterocycles. The number of hydrogen-bond acceptors (Lipinski definition) is 8. The van der Waals surface area contributed by atoms with E-state index in [9.17, 15) is 19.8 Å². The number of likely N-dealkylation sites (N-methyl/N-ethyl adjacent to an activating group) is 1. The Hall–Kier alpha value is -0.580. The molecule has 0 spiro atoms. The van der Waals surface area contributed by atoms with Gasteiger partial charge in [-0.3, -0.25) is 14.5 Å². The molecule has 2 aliphatic rings. The number of amides is 1. The lowest BCUT2D eigenvalue weighted by molar-refractivity contribution is -0.218. The summed E-state index contributed by atoms with van der Waals surface area (Å²) in [4.78, 5) is 27.1. The molecule has 2 fully saturated rings. The molecule has 0 bridgehead atoms. The van der Waals surface area contributed by atoms with E-state index in [0.29, 0.717) is 12.3 Å². The molecule has 32 heavy (non-hydrogen) atoms. The van der Waals surface area contributed by atoms with Crippen LogP contribution in [0.15, 0.2) is 0 Å². The number of alkyl halides is 1. The molecule has 0 aromatic heterocycles. The Morgan fingerprint density at radius 1 is 1.28 bits per heavy atom. The zero-order valence-corrected chi connectivity index (χ0v) is 21.3. The summed E-state index contributed by atoms with van der Waals surface area (Å²) in [5.74, 6) is -0.136. The zero-order valence-electron chi connectivity index (χ0n) is 19.7. The van der Waals surface area contributed by atoms with Crippen LogP contribution in [0.4, 0.5) is 0 Å². The minimum atomic E-state index is -1.38. The van der Waals surface area contributed by atoms with Crippen molar-refractivity contribution in [3.63, 3.8) is 0 Å². The molecule has 2 rings (SSSR count). The van der Waals surface area contributed by atoms with Crippen molar-refractivity contribution in [1.29, 1.82) is 0 Å². The van der Waals surface area contributed by atoms with Crippen LogP contribution < -0.4 is 5.32 Å². The van der Waals surface area contributed by atoms with Gasteiger partial charge >= 0.3 is 5.97 Å². The molecular weight excluding hydrogens is 456 g/mol. The second kappa shape index (κ2) is 12.8. The van der Waals surface area contributed by atoms with Crippen molar-refractivity contribution in [2.45, 2.75) is 100 Å². The van der Waals surface area contributed by atoms with Gasteiger partial charge in [-0.25, -0.2) is 0 Å². The number of ether oxygens (including phenoxy) is 2. The molecule has 1 amide bonds. The van der Waals surface area contributed by atoms with Crippen LogP contribution in [0.25, 0.3) is 0 Å². The molecule has 0 saturated carbocycles. The quantitative estimate of drug-likeness (QED) is 0.311. The van der Waals surface area contributed by atoms with E-state index in [4.69, 9.17) is 21.1 Å². The molecule has 2 saturated heterocycles. The second-order valence-corrected chi connectivity index (χ2v) is 10.6. The predicted molar refractivity (Wildman–Crippen MR) is 126 cm³/mol. The van der Waals surface area contributed by atoms with E-state index in [-0.39, 0.29) is 18.4 Å². The highest BCUT2D eigenvalue weighted by Crippen LogP contribution is 2.33. The van der Waals surface area contributed by atoms with Gasteiger partial charge in [0.15, 0.2) is 6.10 Å². The lowest BCUT2D eigenvalue weighted by atomic mass is 9.92. The van der Waals surface area contributed by atoms with Crippen LogP contribution in [0.3, 0.4) is 0 Å². The van der Waals surface area contributed by atoms with Crippen molar-refractivity contribution in [2.75, 3.05) is 19.8 Å². The van der Waals surface area contributed by atoms with Gasteiger partial charge in [-0.1, -0.05) is 20.3 Å². The maximum atomic E-state index is 13.1. The SMILES string of the molecule is CCCC(=O)O[C@@H]1[C@@H](O)[C@@H](O)[C@@H]([C@H](NC(=O)C2CC(CCC)CN2C)C(C)Cl)O[C@@H]1SC. The highest BCUT2D eigenvalue weighted by atomic mass is 35.5. The number of aliphatic hydroxyl groups is 2. The van der Waals surface area contributed by atoms with Gasteiger partial charge in [0.1, 0.15) is 23.7 Å². The fourth-order valence-corrected chi connectivity index (χ4v) is 5.57. The Balaban J connectivity index is 2.12. The third-order valence-corrected chi connectivity index (χ3v) is 7.44. The maximum Gasteiger partial charge on any atom is 0.306 e. The van der Waals surface area contributed by atoms with Gasteiger partial charge in [0.2, 0.25) is 5.91 Å². The summed E-state index contributed by atoms with van der Waals surface area (Å²) in [6, 6.07) is -0.997. The third kappa shape index (κ3) is 6.73. The zero-order chi connectivity index (χ0) is 24.0. The first-order chi connectivity index (χ1) is 15.1. The largest absolute Gasteiger partial charge is 0.456 e. The monoisotopic (exact) mass is 494 g/mol. The lowest BCUT2D eigenvalue weighted by Gasteiger charge is -2.45. The minimum absolute atomic E-state index is 0.161. The van der Waals surface area contributed by atoms with Crippen molar-refractivity contribution in [1.82, 2.24) is 10.2 Å². The maximum absolute atomic E-state index is 13.1. The number of aliphatic hydroxyl groups excluding tert-OH is 2. The fourth-order valence-electron chi connectivity index (χ4n) is 4.64. The molecule has 2 heterocycles. The number of rotatable bonds is 10. The molecular formula is C22H39ClN2O6S. The molecule has 0 radical (unpaired) electrons. The smallest absolute Gasteiger partial charge is 0.306 e. The van der Waals surface area contributed by atoms with Crippen molar-refractivity contribution in [3.05, 3.63) is 0 Å². The number of likely N-dealkylation sites (tertiary alicyclic amines) is 1. The van der Waals surface area contributed by atoms with E-state index in [1.165, 1.54) is 11.8 Å². The van der Waals surface area contributed by atoms with E-state index < -0.39 is 47.2 Å². The minimum Gasteiger partial charge on any atom is -0.456 e. The molecule has 3 N–H and O–H groups in total. The molecule has 0 aliphatic carbocycles. The Morgan fingerprint density at radius 2 is 1.97 bits per heavy atom. The topological polar surface area (TPSA) is 108 Å². The number of hydrogen-bond donors (Lipinski definition) is 3. The van der Waals surface area contributed by atoms with Gasteiger partial charge in [-0.05, 0) is 45.4 Å². The van der Waals surface area contributed by atoms with Crippen LogP contribution in [0, 0.1) is 5.92 Å². The first-order valence-electron chi connectivity index (χ1n) is 11.5. The predicted octanol–water partition coefficient (Wildman–Crippen LogP) is 1.74. The number of halogens is 1. The highest BCUT2D eigenvalue weighted by molar-refractivity contribution is 7.99. The van der Waals surface area contributed by atoms with E-state index in [0.717, 1.165) is 25.8 Å². The van der Waals surface area contributed by atoms with E-state index in [1.807, 2.05) is 18.9 Å². The second-order valence-electron chi connectivity index (χ2n) is 8.95. The van der Waals surface area contributed by atoms with E-state index in [1.54, 1.807) is 13.2 Å². The molecule has 0 aromatic rings. The van der Waals surface area contributed by atoms with Gasteiger partial charge in [-0.15, -0.1) is 23.4 Å². The highest BCUT2D eigenvalue weighted by Gasteiger charge is 2.50. The number of esters is 1. The van der Waals surface area contributed by atoms with E-state index in [2.05, 4.69) is 12.2 Å². The third-order valence-electron chi connectivity index (χ3n) is 6.33. The lowest BCUT2D eigenvalue weighted by Crippen LogP contribution is -2.65. The molecule has 8 nitrogen and oxygen atoms in total. The van der Waals surface area contributed by atoms with E-state index >= 15 is 0 Å². The average Bonchev–Trinajstić information content (AvgIpc) is 3.10. The van der Waals surface area contributed by atoms with Gasteiger partial charge in [0.05, 0.1) is 17.5 Å². The van der Waals surface area contributed by atoms with Crippen molar-refractivity contribution < 1.29 is 29.3 Å². The van der Waals surface area contributed by atoms with Gasteiger partial charge in [0.25, 0.3) is 0 Å². The Bertz CT molecular complexity index is 625. The van der Waals surface area contributed by atoms with Crippen LogP contribution in [-0.2, 0) is 19.1 Å². The summed E-state index contributed by atoms with van der Waals surface area (Å²) in [6.07, 6.45) is 0.848. The first kappa shape index (κ1) is 27.7. The van der Waals surface area contributed by atoms with Crippen LogP contribution in [0.2, 0.25) is 0 Å². The Morgan fingerprint density at radius 3 is 2.53 bits per heavy atom. The van der Waals surface area contributed by atoms with Gasteiger partial charge < -0.3 is 25.0 Å². The summed E-state index contributed by atoms with van der Waals surface area (Å²) < 4.78 is 11.4. The molecule has 9 atom stereocenters. The van der Waals surface area contributed by atoms with Crippen molar-refractivity contribution in [2.24, 2.45) is 5.92 Å². The molecule has 3 unspecified atom stereocenters. The number of carbonyl (C=O) groups excluding carboxylic acids is 2. The van der Waals surface area contributed by atoms with Crippen LogP contribution >= 0.6 is 23.4 Å². The van der Waals surface area contributed by atoms with Crippen molar-refractivity contribution in [3.8, 4) is 0 Å².